The lowest BCUT2D eigenvalue weighted by molar-refractivity contribution is -0.138. The van der Waals surface area contributed by atoms with Crippen molar-refractivity contribution in [3.05, 3.63) is 21.7 Å². The van der Waals surface area contributed by atoms with E-state index in [1.807, 2.05) is 6.08 Å². The van der Waals surface area contributed by atoms with Crippen LogP contribution in [0, 0.1) is 0 Å². The lowest BCUT2D eigenvalue weighted by Crippen LogP contribution is -2.07. The number of esters is 1. The van der Waals surface area contributed by atoms with Gasteiger partial charge in [0.05, 0.1) is 12.2 Å². The normalized spacial score (nSPS) is 16.1. The molecule has 0 spiro atoms. The predicted molar refractivity (Wildman–Crippen MR) is 59.1 cm³/mol. The van der Waals surface area contributed by atoms with Crippen LogP contribution in [0.25, 0.3) is 0 Å². The molecular weight excluding hydrogens is 300 g/mol. The van der Waals surface area contributed by atoms with Crippen LogP contribution in [0.15, 0.2) is 21.7 Å². The highest BCUT2D eigenvalue weighted by molar-refractivity contribution is 9.12. The van der Waals surface area contributed by atoms with Gasteiger partial charge in [-0.2, -0.15) is 0 Å². The lowest BCUT2D eigenvalue weighted by Gasteiger charge is -2.03. The molecule has 1 aliphatic carbocycles. The van der Waals surface area contributed by atoms with Crippen molar-refractivity contribution in [2.75, 3.05) is 11.9 Å². The summed E-state index contributed by atoms with van der Waals surface area (Å²) < 4.78 is 5.76. The van der Waals surface area contributed by atoms with Gasteiger partial charge in [-0.1, -0.05) is 37.4 Å². The van der Waals surface area contributed by atoms with Gasteiger partial charge in [0.25, 0.3) is 0 Å². The fraction of sp³-hybridized carbons (Fsp3) is 0.444. The summed E-state index contributed by atoms with van der Waals surface area (Å²) in [5, 5.41) is 0.797. The molecule has 0 heterocycles. The Morgan fingerprint density at radius 3 is 2.85 bits per heavy atom. The van der Waals surface area contributed by atoms with Crippen LogP contribution in [0.2, 0.25) is 0 Å². The van der Waals surface area contributed by atoms with Crippen molar-refractivity contribution in [1.82, 2.24) is 0 Å². The molecule has 0 unspecified atom stereocenters. The van der Waals surface area contributed by atoms with Crippen LogP contribution in [0.1, 0.15) is 13.3 Å². The second kappa shape index (κ2) is 4.96. The zero-order chi connectivity index (χ0) is 9.84. The van der Waals surface area contributed by atoms with Crippen molar-refractivity contribution in [2.45, 2.75) is 13.3 Å². The Morgan fingerprint density at radius 2 is 2.38 bits per heavy atom. The van der Waals surface area contributed by atoms with Gasteiger partial charge in [-0.05, 0) is 13.0 Å². The first-order chi connectivity index (χ1) is 6.19. The number of allylic oxidation sites excluding steroid dienone is 3. The highest BCUT2D eigenvalue weighted by atomic mass is 79.9. The lowest BCUT2D eigenvalue weighted by atomic mass is 10.2. The zero-order valence-electron chi connectivity index (χ0n) is 7.27. The molecule has 0 saturated carbocycles. The van der Waals surface area contributed by atoms with Gasteiger partial charge in [0.15, 0.2) is 0 Å². The SMILES string of the molecule is CCOC(=O)C1=C(Br)C=C(CBr)C1. The minimum absolute atomic E-state index is 0.221. The van der Waals surface area contributed by atoms with Crippen LogP contribution >= 0.6 is 31.9 Å². The highest BCUT2D eigenvalue weighted by Crippen LogP contribution is 2.30. The maximum Gasteiger partial charge on any atom is 0.335 e. The number of carbonyl (C=O) groups is 1. The zero-order valence-corrected chi connectivity index (χ0v) is 10.4. The molecule has 2 nitrogen and oxygen atoms in total. The maximum atomic E-state index is 11.4. The molecule has 1 aliphatic rings. The molecule has 4 heteroatoms. The summed E-state index contributed by atoms with van der Waals surface area (Å²) in [5.41, 5.74) is 1.91. The first-order valence-electron chi connectivity index (χ1n) is 4.00. The number of ether oxygens (including phenoxy) is 1. The Bertz CT molecular complexity index is 279. The van der Waals surface area contributed by atoms with Gasteiger partial charge in [0, 0.05) is 16.2 Å². The standard InChI is InChI=1S/C9H10Br2O2/c1-2-13-9(12)7-3-6(5-10)4-8(7)11/h4H,2-3,5H2,1H3. The Kier molecular flexibility index (Phi) is 4.19. The van der Waals surface area contributed by atoms with E-state index < -0.39 is 0 Å². The Morgan fingerprint density at radius 1 is 1.69 bits per heavy atom. The first kappa shape index (κ1) is 11.0. The number of alkyl halides is 1. The van der Waals surface area contributed by atoms with E-state index in [4.69, 9.17) is 4.74 Å². The van der Waals surface area contributed by atoms with Gasteiger partial charge in [-0.25, -0.2) is 4.79 Å². The third-order valence-corrected chi connectivity index (χ3v) is 3.14. The summed E-state index contributed by atoms with van der Waals surface area (Å²) in [6, 6.07) is 0. The molecule has 0 aromatic carbocycles. The van der Waals surface area contributed by atoms with Gasteiger partial charge < -0.3 is 4.74 Å². The maximum absolute atomic E-state index is 11.4. The molecule has 1 rings (SSSR count). The van der Waals surface area contributed by atoms with Crippen molar-refractivity contribution in [2.24, 2.45) is 0 Å². The van der Waals surface area contributed by atoms with Crippen LogP contribution < -0.4 is 0 Å². The second-order valence-corrected chi connectivity index (χ2v) is 4.08. The summed E-state index contributed by atoms with van der Waals surface area (Å²) in [7, 11) is 0. The minimum atomic E-state index is -0.221. The highest BCUT2D eigenvalue weighted by Gasteiger charge is 2.20. The molecule has 0 saturated heterocycles. The smallest absolute Gasteiger partial charge is 0.335 e. The Labute approximate surface area is 94.3 Å². The summed E-state index contributed by atoms with van der Waals surface area (Å²) in [5.74, 6) is -0.221. The van der Waals surface area contributed by atoms with E-state index in [1.165, 1.54) is 5.57 Å². The van der Waals surface area contributed by atoms with E-state index >= 15 is 0 Å². The molecule has 13 heavy (non-hydrogen) atoms. The molecular formula is C9H10Br2O2. The largest absolute Gasteiger partial charge is 0.463 e. The van der Waals surface area contributed by atoms with Crippen molar-refractivity contribution in [3.63, 3.8) is 0 Å². The number of carbonyl (C=O) groups excluding carboxylic acids is 1. The van der Waals surface area contributed by atoms with Crippen LogP contribution in [0.3, 0.4) is 0 Å². The molecule has 72 valence electrons. The van der Waals surface area contributed by atoms with Gasteiger partial charge in [-0.3, -0.25) is 0 Å². The molecule has 0 amide bonds. The van der Waals surface area contributed by atoms with Gasteiger partial charge in [0.1, 0.15) is 0 Å². The molecule has 0 aliphatic heterocycles. The summed E-state index contributed by atoms with van der Waals surface area (Å²) in [6.45, 7) is 2.23. The molecule has 0 fully saturated rings. The fourth-order valence-electron chi connectivity index (χ4n) is 1.10. The summed E-state index contributed by atoms with van der Waals surface area (Å²) in [6.07, 6.45) is 2.64. The van der Waals surface area contributed by atoms with E-state index in [9.17, 15) is 4.79 Å². The van der Waals surface area contributed by atoms with E-state index in [0.29, 0.717) is 13.0 Å². The van der Waals surface area contributed by atoms with E-state index in [1.54, 1.807) is 6.92 Å². The predicted octanol–water partition coefficient (Wildman–Crippen LogP) is 2.92. The van der Waals surface area contributed by atoms with Crippen LogP contribution in [0.5, 0.6) is 0 Å². The molecule has 0 aromatic rings. The Hall–Kier alpha value is -0.0900. The molecule has 0 N–H and O–H groups in total. The van der Waals surface area contributed by atoms with Gasteiger partial charge in [-0.15, -0.1) is 0 Å². The summed E-state index contributed by atoms with van der Waals surface area (Å²) in [4.78, 5) is 11.4. The average molecular weight is 310 g/mol. The Balaban J connectivity index is 2.66. The van der Waals surface area contributed by atoms with Gasteiger partial charge >= 0.3 is 5.97 Å². The number of rotatable bonds is 3. The average Bonchev–Trinajstić information content (AvgIpc) is 2.47. The fourth-order valence-corrected chi connectivity index (χ4v) is 2.09. The van der Waals surface area contributed by atoms with Crippen LogP contribution in [-0.4, -0.2) is 17.9 Å². The van der Waals surface area contributed by atoms with Crippen molar-refractivity contribution in [1.29, 1.82) is 0 Å². The third-order valence-electron chi connectivity index (χ3n) is 1.72. The molecule has 0 radical (unpaired) electrons. The monoisotopic (exact) mass is 308 g/mol. The minimum Gasteiger partial charge on any atom is -0.463 e. The van der Waals surface area contributed by atoms with Crippen molar-refractivity contribution < 1.29 is 9.53 Å². The molecule has 0 aromatic heterocycles. The summed E-state index contributed by atoms with van der Waals surface area (Å²) >= 11 is 6.69. The molecule has 0 atom stereocenters. The van der Waals surface area contributed by atoms with Gasteiger partial charge in [0.2, 0.25) is 0 Å². The first-order valence-corrected chi connectivity index (χ1v) is 5.91. The topological polar surface area (TPSA) is 26.3 Å². The van der Waals surface area contributed by atoms with Crippen LogP contribution in [0.4, 0.5) is 0 Å². The third kappa shape index (κ3) is 2.68. The number of halogens is 2. The number of hydrogen-bond acceptors (Lipinski definition) is 2. The van der Waals surface area contributed by atoms with E-state index in [-0.39, 0.29) is 5.97 Å². The van der Waals surface area contributed by atoms with E-state index in [0.717, 1.165) is 15.4 Å². The number of hydrogen-bond donors (Lipinski definition) is 0. The van der Waals surface area contributed by atoms with E-state index in [2.05, 4.69) is 31.9 Å². The van der Waals surface area contributed by atoms with Crippen LogP contribution in [-0.2, 0) is 9.53 Å². The van der Waals surface area contributed by atoms with Crippen molar-refractivity contribution >= 4 is 37.8 Å². The second-order valence-electron chi connectivity index (χ2n) is 2.66. The van der Waals surface area contributed by atoms with Crippen molar-refractivity contribution in [3.8, 4) is 0 Å². The quantitative estimate of drug-likeness (QED) is 0.592. The molecule has 0 bridgehead atoms.